The first-order valence-electron chi connectivity index (χ1n) is 6.77. The van der Waals surface area contributed by atoms with Crippen LogP contribution in [0.3, 0.4) is 0 Å². The summed E-state index contributed by atoms with van der Waals surface area (Å²) in [5.74, 6) is 0. The number of hydrogen-bond donors (Lipinski definition) is 0. The van der Waals surface area contributed by atoms with E-state index in [1.807, 2.05) is 32.0 Å². The van der Waals surface area contributed by atoms with Crippen LogP contribution in [-0.2, 0) is 9.84 Å². The molecule has 0 radical (unpaired) electrons. The van der Waals surface area contributed by atoms with Crippen molar-refractivity contribution in [1.82, 2.24) is 0 Å². The molecular formula is C17H14N2O2S. The molecule has 1 aliphatic rings. The summed E-state index contributed by atoms with van der Waals surface area (Å²) in [5.41, 5.74) is 3.66. The predicted molar refractivity (Wildman–Crippen MR) is 85.4 cm³/mol. The summed E-state index contributed by atoms with van der Waals surface area (Å²) in [6.45, 7) is 4.02. The van der Waals surface area contributed by atoms with Gasteiger partial charge in [0.05, 0.1) is 10.6 Å². The predicted octanol–water partition coefficient (Wildman–Crippen LogP) is 3.59. The minimum Gasteiger partial charge on any atom is -0.314 e. The van der Waals surface area contributed by atoms with Crippen molar-refractivity contribution in [2.45, 2.75) is 18.7 Å². The van der Waals surface area contributed by atoms with Gasteiger partial charge in [0, 0.05) is 11.9 Å². The number of aryl methyl sites for hydroxylation is 2. The number of hydrogen-bond acceptors (Lipinski definition) is 4. The number of para-hydroxylation sites is 1. The highest BCUT2D eigenvalue weighted by atomic mass is 32.2. The molecule has 0 fully saturated rings. The molecule has 0 amide bonds. The fourth-order valence-electron chi connectivity index (χ4n) is 2.44. The van der Waals surface area contributed by atoms with Crippen LogP contribution in [0.1, 0.15) is 11.1 Å². The summed E-state index contributed by atoms with van der Waals surface area (Å²) in [5, 5.41) is 9.19. The highest BCUT2D eigenvalue weighted by molar-refractivity contribution is 7.95. The van der Waals surface area contributed by atoms with Crippen LogP contribution in [0.4, 0.5) is 11.4 Å². The summed E-state index contributed by atoms with van der Waals surface area (Å²) in [6, 6.07) is 14.4. The van der Waals surface area contributed by atoms with E-state index in [0.29, 0.717) is 5.69 Å². The Morgan fingerprint density at radius 3 is 2.45 bits per heavy atom. The monoisotopic (exact) mass is 310 g/mol. The number of nitrogens with zero attached hydrogens (tertiary/aromatic N) is 2. The molecule has 2 aromatic rings. The number of benzene rings is 2. The molecule has 0 spiro atoms. The number of sulfone groups is 1. The Hall–Kier alpha value is -2.58. The van der Waals surface area contributed by atoms with Crippen LogP contribution in [0.2, 0.25) is 0 Å². The second kappa shape index (κ2) is 5.00. The highest BCUT2D eigenvalue weighted by Gasteiger charge is 2.31. The van der Waals surface area contributed by atoms with Gasteiger partial charge in [-0.25, -0.2) is 8.42 Å². The Kier molecular flexibility index (Phi) is 3.27. The van der Waals surface area contributed by atoms with Gasteiger partial charge in [-0.2, -0.15) is 5.26 Å². The van der Waals surface area contributed by atoms with Gasteiger partial charge in [-0.05, 0) is 49.2 Å². The van der Waals surface area contributed by atoms with E-state index >= 15 is 0 Å². The summed E-state index contributed by atoms with van der Waals surface area (Å²) in [6.07, 6.45) is 1.39. The summed E-state index contributed by atoms with van der Waals surface area (Å²) >= 11 is 0. The molecule has 0 atom stereocenters. The molecule has 1 heterocycles. The Balaban J connectivity index is 2.28. The third-order valence-corrected chi connectivity index (χ3v) is 5.53. The SMILES string of the molecule is Cc1ccc(N2C=C(C#N)S(=O)(=O)c3ccccc32)cc1C. The Bertz CT molecular complexity index is 937. The molecule has 2 aromatic carbocycles. The van der Waals surface area contributed by atoms with E-state index in [0.717, 1.165) is 16.8 Å². The van der Waals surface area contributed by atoms with E-state index in [2.05, 4.69) is 0 Å². The van der Waals surface area contributed by atoms with Crippen molar-refractivity contribution in [3.63, 3.8) is 0 Å². The van der Waals surface area contributed by atoms with Crippen molar-refractivity contribution in [2.75, 3.05) is 4.90 Å². The normalized spacial score (nSPS) is 15.7. The van der Waals surface area contributed by atoms with Crippen molar-refractivity contribution in [1.29, 1.82) is 5.26 Å². The fourth-order valence-corrected chi connectivity index (χ4v) is 3.74. The maximum atomic E-state index is 12.4. The maximum absolute atomic E-state index is 12.4. The first kappa shape index (κ1) is 14.4. The van der Waals surface area contributed by atoms with E-state index in [1.165, 1.54) is 12.3 Å². The van der Waals surface area contributed by atoms with Gasteiger partial charge in [0.2, 0.25) is 9.84 Å². The van der Waals surface area contributed by atoms with Crippen LogP contribution in [0, 0.1) is 25.2 Å². The smallest absolute Gasteiger partial charge is 0.220 e. The lowest BCUT2D eigenvalue weighted by molar-refractivity contribution is 0.602. The van der Waals surface area contributed by atoms with Gasteiger partial charge in [0.1, 0.15) is 6.07 Å². The van der Waals surface area contributed by atoms with Gasteiger partial charge < -0.3 is 4.90 Å². The van der Waals surface area contributed by atoms with Gasteiger partial charge >= 0.3 is 0 Å². The lowest BCUT2D eigenvalue weighted by atomic mass is 10.1. The number of allylic oxidation sites excluding steroid dienone is 1. The van der Waals surface area contributed by atoms with Crippen molar-refractivity contribution in [3.8, 4) is 6.07 Å². The summed E-state index contributed by atoms with van der Waals surface area (Å²) < 4.78 is 24.8. The number of fused-ring (bicyclic) bond motifs is 1. The van der Waals surface area contributed by atoms with Gasteiger partial charge in [0.25, 0.3) is 0 Å². The number of rotatable bonds is 1. The van der Waals surface area contributed by atoms with Gasteiger partial charge in [-0.1, -0.05) is 18.2 Å². The maximum Gasteiger partial charge on any atom is 0.220 e. The average molecular weight is 310 g/mol. The second-order valence-electron chi connectivity index (χ2n) is 5.21. The highest BCUT2D eigenvalue weighted by Crippen LogP contribution is 2.39. The first-order chi connectivity index (χ1) is 10.4. The summed E-state index contributed by atoms with van der Waals surface area (Å²) in [7, 11) is -3.73. The van der Waals surface area contributed by atoms with Crippen LogP contribution in [0.25, 0.3) is 0 Å². The largest absolute Gasteiger partial charge is 0.314 e. The Labute approximate surface area is 129 Å². The molecule has 0 saturated heterocycles. The van der Waals surface area contributed by atoms with Gasteiger partial charge in [-0.3, -0.25) is 0 Å². The average Bonchev–Trinajstić information content (AvgIpc) is 2.51. The van der Waals surface area contributed by atoms with Crippen LogP contribution >= 0.6 is 0 Å². The van der Waals surface area contributed by atoms with Gasteiger partial charge in [0.15, 0.2) is 4.91 Å². The molecule has 0 aliphatic carbocycles. The Morgan fingerprint density at radius 2 is 1.77 bits per heavy atom. The molecule has 0 unspecified atom stereocenters. The van der Waals surface area contributed by atoms with E-state index < -0.39 is 9.84 Å². The minimum absolute atomic E-state index is 0.160. The molecular weight excluding hydrogens is 296 g/mol. The third-order valence-electron chi connectivity index (χ3n) is 3.83. The molecule has 5 heteroatoms. The zero-order valence-corrected chi connectivity index (χ0v) is 13.1. The van der Waals surface area contributed by atoms with E-state index in [1.54, 1.807) is 29.2 Å². The van der Waals surface area contributed by atoms with Gasteiger partial charge in [-0.15, -0.1) is 0 Å². The summed E-state index contributed by atoms with van der Waals surface area (Å²) in [4.78, 5) is 1.66. The lowest BCUT2D eigenvalue weighted by Crippen LogP contribution is -2.21. The van der Waals surface area contributed by atoms with Crippen LogP contribution in [0.5, 0.6) is 0 Å². The number of nitriles is 1. The minimum atomic E-state index is -3.73. The van der Waals surface area contributed by atoms with Crippen LogP contribution in [-0.4, -0.2) is 8.42 Å². The molecule has 0 bridgehead atoms. The lowest BCUT2D eigenvalue weighted by Gasteiger charge is -2.27. The van der Waals surface area contributed by atoms with E-state index in [9.17, 15) is 13.7 Å². The molecule has 4 nitrogen and oxygen atoms in total. The molecule has 0 saturated carbocycles. The zero-order chi connectivity index (χ0) is 15.9. The zero-order valence-electron chi connectivity index (χ0n) is 12.2. The van der Waals surface area contributed by atoms with Crippen LogP contribution in [0.15, 0.2) is 58.5 Å². The van der Waals surface area contributed by atoms with E-state index in [4.69, 9.17) is 0 Å². The quantitative estimate of drug-likeness (QED) is 0.807. The Morgan fingerprint density at radius 1 is 1.05 bits per heavy atom. The molecule has 110 valence electrons. The van der Waals surface area contributed by atoms with Crippen molar-refractivity contribution >= 4 is 21.2 Å². The van der Waals surface area contributed by atoms with Crippen molar-refractivity contribution < 1.29 is 8.42 Å². The fraction of sp³-hybridized carbons (Fsp3) is 0.118. The molecule has 0 aromatic heterocycles. The second-order valence-corrected chi connectivity index (χ2v) is 7.10. The molecule has 1 aliphatic heterocycles. The third kappa shape index (κ3) is 2.09. The van der Waals surface area contributed by atoms with E-state index in [-0.39, 0.29) is 9.80 Å². The topological polar surface area (TPSA) is 61.2 Å². The molecule has 22 heavy (non-hydrogen) atoms. The van der Waals surface area contributed by atoms with Crippen LogP contribution < -0.4 is 4.90 Å². The standard InChI is InChI=1S/C17H14N2O2S/c1-12-7-8-14(9-13(12)2)19-11-15(10-18)22(20,21)17-6-4-3-5-16(17)19/h3-9,11H,1-2H3. The first-order valence-corrected chi connectivity index (χ1v) is 8.26. The number of anilines is 2. The molecule has 0 N–H and O–H groups in total. The molecule has 3 rings (SSSR count). The van der Waals surface area contributed by atoms with Crippen molar-refractivity contribution in [2.24, 2.45) is 0 Å². The van der Waals surface area contributed by atoms with Crippen molar-refractivity contribution in [3.05, 3.63) is 64.7 Å².